The first kappa shape index (κ1) is 14.7. The molecule has 3 heterocycles. The Morgan fingerprint density at radius 2 is 2.09 bits per heavy atom. The average Bonchev–Trinajstić information content (AvgIpc) is 3.21. The number of aromatic nitrogens is 1. The molecule has 0 aromatic carbocycles. The van der Waals surface area contributed by atoms with E-state index in [-0.39, 0.29) is 11.4 Å². The van der Waals surface area contributed by atoms with Gasteiger partial charge in [-0.15, -0.1) is 0 Å². The molecule has 1 aliphatic carbocycles. The second-order valence-corrected chi connectivity index (χ2v) is 7.28. The zero-order valence-corrected chi connectivity index (χ0v) is 13.6. The predicted octanol–water partition coefficient (Wildman–Crippen LogP) is 1.99. The Morgan fingerprint density at radius 1 is 1.35 bits per heavy atom. The van der Waals surface area contributed by atoms with Crippen LogP contribution in [-0.4, -0.2) is 51.9 Å². The van der Waals surface area contributed by atoms with Crippen molar-refractivity contribution in [3.8, 4) is 0 Å². The minimum absolute atomic E-state index is 0.000143. The normalized spacial score (nSPS) is 23.8. The maximum atomic E-state index is 12.6. The third-order valence-corrected chi connectivity index (χ3v) is 5.78. The van der Waals surface area contributed by atoms with Crippen LogP contribution in [0, 0.1) is 12.8 Å². The maximum absolute atomic E-state index is 12.6. The topological polar surface area (TPSA) is 66.7 Å². The van der Waals surface area contributed by atoms with Gasteiger partial charge in [-0.05, 0) is 44.9 Å². The fourth-order valence-electron chi connectivity index (χ4n) is 4.04. The summed E-state index contributed by atoms with van der Waals surface area (Å²) < 4.78 is 4.88. The molecule has 23 heavy (non-hydrogen) atoms. The van der Waals surface area contributed by atoms with Crippen molar-refractivity contribution in [1.82, 2.24) is 15.0 Å². The summed E-state index contributed by atoms with van der Waals surface area (Å²) in [5.41, 5.74) is 1.19. The van der Waals surface area contributed by atoms with Crippen molar-refractivity contribution in [3.05, 3.63) is 17.5 Å². The quantitative estimate of drug-likeness (QED) is 0.855. The third kappa shape index (κ3) is 2.54. The van der Waals surface area contributed by atoms with Crippen molar-refractivity contribution in [2.24, 2.45) is 5.92 Å². The van der Waals surface area contributed by atoms with Crippen LogP contribution in [0.2, 0.25) is 0 Å². The summed E-state index contributed by atoms with van der Waals surface area (Å²) in [5.74, 6) is 1.02. The molecule has 1 aromatic rings. The van der Waals surface area contributed by atoms with Gasteiger partial charge in [0.05, 0.1) is 5.69 Å². The summed E-state index contributed by atoms with van der Waals surface area (Å²) in [4.78, 5) is 28.9. The third-order valence-electron chi connectivity index (χ3n) is 5.78. The minimum atomic E-state index is -0.00309. The van der Waals surface area contributed by atoms with E-state index in [1.807, 2.05) is 4.90 Å². The van der Waals surface area contributed by atoms with E-state index in [1.165, 1.54) is 19.1 Å². The van der Waals surface area contributed by atoms with Crippen molar-refractivity contribution in [2.45, 2.75) is 51.0 Å². The van der Waals surface area contributed by atoms with Crippen molar-refractivity contribution >= 4 is 11.8 Å². The van der Waals surface area contributed by atoms with Crippen LogP contribution in [0.3, 0.4) is 0 Å². The molecule has 1 spiro atoms. The number of aryl methyl sites for hydroxylation is 1. The standard InChI is InChI=1S/C17H23N3O3/c1-12-14(11-23-18-12)16(22)19-8-6-17(7-9-19)5-4-15(21)20(17)10-13-2-3-13/h11,13H,2-10H2,1H3. The summed E-state index contributed by atoms with van der Waals surface area (Å²) in [7, 11) is 0. The molecule has 0 unspecified atom stereocenters. The number of rotatable bonds is 3. The van der Waals surface area contributed by atoms with Crippen molar-refractivity contribution in [1.29, 1.82) is 0 Å². The van der Waals surface area contributed by atoms with Crippen molar-refractivity contribution in [2.75, 3.05) is 19.6 Å². The molecule has 0 N–H and O–H groups in total. The number of carbonyl (C=O) groups excluding carboxylic acids is 2. The van der Waals surface area contributed by atoms with Gasteiger partial charge in [-0.1, -0.05) is 5.16 Å². The zero-order chi connectivity index (χ0) is 16.0. The molecule has 2 aliphatic heterocycles. The van der Waals surface area contributed by atoms with E-state index in [0.29, 0.717) is 42.6 Å². The number of nitrogens with zero attached hydrogens (tertiary/aromatic N) is 3. The fraction of sp³-hybridized carbons (Fsp3) is 0.706. The Labute approximate surface area is 135 Å². The maximum Gasteiger partial charge on any atom is 0.259 e. The van der Waals surface area contributed by atoms with Gasteiger partial charge >= 0.3 is 0 Å². The van der Waals surface area contributed by atoms with Crippen LogP contribution >= 0.6 is 0 Å². The van der Waals surface area contributed by atoms with Crippen LogP contribution < -0.4 is 0 Å². The molecular formula is C17H23N3O3. The number of likely N-dealkylation sites (tertiary alicyclic amines) is 2. The van der Waals surface area contributed by atoms with Crippen LogP contribution in [0.5, 0.6) is 0 Å². The molecule has 0 atom stereocenters. The first-order chi connectivity index (χ1) is 11.1. The SMILES string of the molecule is Cc1nocc1C(=O)N1CCC2(CCC(=O)N2CC2CC2)CC1. The molecule has 4 rings (SSSR count). The lowest BCUT2D eigenvalue weighted by atomic mass is 9.84. The van der Waals surface area contributed by atoms with Crippen molar-refractivity contribution < 1.29 is 14.1 Å². The molecular weight excluding hydrogens is 294 g/mol. The Bertz CT molecular complexity index is 627. The molecule has 3 fully saturated rings. The molecule has 6 heteroatoms. The van der Waals surface area contributed by atoms with Crippen molar-refractivity contribution in [3.63, 3.8) is 0 Å². The molecule has 0 bridgehead atoms. The highest BCUT2D eigenvalue weighted by Gasteiger charge is 2.48. The molecule has 2 amide bonds. The summed E-state index contributed by atoms with van der Waals surface area (Å²) in [6.45, 7) is 4.13. The van der Waals surface area contributed by atoms with E-state index >= 15 is 0 Å². The smallest absolute Gasteiger partial charge is 0.259 e. The zero-order valence-electron chi connectivity index (χ0n) is 13.6. The van der Waals surface area contributed by atoms with Crippen LogP contribution in [0.1, 0.15) is 54.6 Å². The van der Waals surface area contributed by atoms with Crippen LogP contribution in [0.25, 0.3) is 0 Å². The summed E-state index contributed by atoms with van der Waals surface area (Å²) >= 11 is 0. The monoisotopic (exact) mass is 317 g/mol. The molecule has 2 saturated heterocycles. The lowest BCUT2D eigenvalue weighted by Gasteiger charge is -2.45. The Kier molecular flexibility index (Phi) is 3.43. The van der Waals surface area contributed by atoms with Gasteiger partial charge in [-0.3, -0.25) is 9.59 Å². The molecule has 1 saturated carbocycles. The van der Waals surface area contributed by atoms with Gasteiger partial charge in [0.2, 0.25) is 5.91 Å². The molecule has 124 valence electrons. The number of amides is 2. The van der Waals surface area contributed by atoms with E-state index in [0.717, 1.165) is 25.8 Å². The number of piperidine rings is 1. The molecule has 6 nitrogen and oxygen atoms in total. The van der Waals surface area contributed by atoms with Crippen LogP contribution in [0.4, 0.5) is 0 Å². The predicted molar refractivity (Wildman–Crippen MR) is 82.8 cm³/mol. The average molecular weight is 317 g/mol. The van der Waals surface area contributed by atoms with E-state index in [2.05, 4.69) is 10.1 Å². The van der Waals surface area contributed by atoms with Gasteiger partial charge in [0.1, 0.15) is 11.8 Å². The molecule has 1 aromatic heterocycles. The molecule has 3 aliphatic rings. The second kappa shape index (κ2) is 5.35. The lowest BCUT2D eigenvalue weighted by Crippen LogP contribution is -2.54. The Balaban J connectivity index is 1.44. The Hall–Kier alpha value is -1.85. The van der Waals surface area contributed by atoms with E-state index in [4.69, 9.17) is 4.52 Å². The van der Waals surface area contributed by atoms with Gasteiger partial charge in [-0.2, -0.15) is 0 Å². The lowest BCUT2D eigenvalue weighted by molar-refractivity contribution is -0.132. The number of hydrogen-bond donors (Lipinski definition) is 0. The van der Waals surface area contributed by atoms with E-state index < -0.39 is 0 Å². The largest absolute Gasteiger partial charge is 0.364 e. The van der Waals surface area contributed by atoms with E-state index in [9.17, 15) is 9.59 Å². The van der Waals surface area contributed by atoms with Gasteiger partial charge in [0.15, 0.2) is 0 Å². The number of carbonyl (C=O) groups is 2. The fourth-order valence-corrected chi connectivity index (χ4v) is 4.04. The minimum Gasteiger partial charge on any atom is -0.364 e. The van der Waals surface area contributed by atoms with Gasteiger partial charge in [0, 0.05) is 31.6 Å². The van der Waals surface area contributed by atoms with Gasteiger partial charge < -0.3 is 14.3 Å². The summed E-state index contributed by atoms with van der Waals surface area (Å²) in [6, 6.07) is 0. The van der Waals surface area contributed by atoms with Gasteiger partial charge in [0.25, 0.3) is 5.91 Å². The van der Waals surface area contributed by atoms with Crippen LogP contribution in [0.15, 0.2) is 10.8 Å². The first-order valence-corrected chi connectivity index (χ1v) is 8.60. The molecule has 0 radical (unpaired) electrons. The second-order valence-electron chi connectivity index (χ2n) is 7.28. The number of hydrogen-bond acceptors (Lipinski definition) is 4. The summed E-state index contributed by atoms with van der Waals surface area (Å²) in [5, 5.41) is 3.79. The highest BCUT2D eigenvalue weighted by molar-refractivity contribution is 5.95. The Morgan fingerprint density at radius 3 is 2.70 bits per heavy atom. The summed E-state index contributed by atoms with van der Waals surface area (Å²) in [6.07, 6.45) is 7.36. The highest BCUT2D eigenvalue weighted by atomic mass is 16.5. The van der Waals surface area contributed by atoms with Crippen LogP contribution in [-0.2, 0) is 4.79 Å². The highest BCUT2D eigenvalue weighted by Crippen LogP contribution is 2.42. The van der Waals surface area contributed by atoms with E-state index in [1.54, 1.807) is 6.92 Å². The first-order valence-electron chi connectivity index (χ1n) is 8.60. The van der Waals surface area contributed by atoms with Gasteiger partial charge in [-0.25, -0.2) is 0 Å².